The molecule has 0 spiro atoms. The first-order valence-corrected chi connectivity index (χ1v) is 16.9. The molecule has 0 radical (unpaired) electrons. The highest BCUT2D eigenvalue weighted by Gasteiger charge is 2.35. The molecule has 0 aliphatic heterocycles. The van der Waals surface area contributed by atoms with Gasteiger partial charge in [0.05, 0.1) is 10.6 Å². The Hall–Kier alpha value is -4.02. The van der Waals surface area contributed by atoms with E-state index in [0.29, 0.717) is 12.0 Å². The first-order chi connectivity index (χ1) is 21.5. The lowest BCUT2D eigenvalue weighted by molar-refractivity contribution is -0.140. The molecule has 2 atom stereocenters. The maximum absolute atomic E-state index is 14.4. The Morgan fingerprint density at radius 2 is 1.49 bits per heavy atom. The van der Waals surface area contributed by atoms with E-state index in [4.69, 9.17) is 0 Å². The van der Waals surface area contributed by atoms with Crippen LogP contribution >= 0.6 is 15.9 Å². The van der Waals surface area contributed by atoms with Crippen molar-refractivity contribution in [3.8, 4) is 0 Å². The lowest BCUT2D eigenvalue weighted by atomic mass is 10.0. The summed E-state index contributed by atoms with van der Waals surface area (Å²) in [5, 5.41) is 3.00. The molecule has 0 bridgehead atoms. The Morgan fingerprint density at radius 1 is 0.867 bits per heavy atom. The van der Waals surface area contributed by atoms with Gasteiger partial charge in [-0.2, -0.15) is 0 Å². The second-order valence-corrected chi connectivity index (χ2v) is 13.8. The Balaban J connectivity index is 1.80. The van der Waals surface area contributed by atoms with Crippen LogP contribution in [-0.4, -0.2) is 43.8 Å². The summed E-state index contributed by atoms with van der Waals surface area (Å²) in [6.45, 7) is 5.08. The van der Waals surface area contributed by atoms with Gasteiger partial charge in [0.15, 0.2) is 0 Å². The molecule has 1 N–H and O–H groups in total. The second kappa shape index (κ2) is 15.3. The third-order valence-corrected chi connectivity index (χ3v) is 9.86. The lowest BCUT2D eigenvalue weighted by Gasteiger charge is -2.34. The monoisotopic (exact) mass is 693 g/mol. The number of hydrogen-bond acceptors (Lipinski definition) is 4. The molecule has 10 heteroatoms. The van der Waals surface area contributed by atoms with Gasteiger partial charge in [0.25, 0.3) is 10.0 Å². The van der Waals surface area contributed by atoms with E-state index >= 15 is 0 Å². The van der Waals surface area contributed by atoms with Gasteiger partial charge in [0.1, 0.15) is 18.4 Å². The molecule has 4 aromatic carbocycles. The molecule has 0 saturated carbocycles. The molecule has 4 aromatic rings. The average molecular weight is 695 g/mol. The molecule has 4 rings (SSSR count). The molecule has 0 aliphatic carbocycles. The third kappa shape index (κ3) is 9.02. The van der Waals surface area contributed by atoms with Gasteiger partial charge in [-0.15, -0.1) is 0 Å². The number of aryl methyl sites for hydroxylation is 1. The van der Waals surface area contributed by atoms with Gasteiger partial charge in [-0.1, -0.05) is 83.0 Å². The Morgan fingerprint density at radius 3 is 2.09 bits per heavy atom. The van der Waals surface area contributed by atoms with Crippen molar-refractivity contribution < 1.29 is 22.4 Å². The number of carbonyl (C=O) groups excluding carboxylic acids is 2. The summed E-state index contributed by atoms with van der Waals surface area (Å²) in [7, 11) is -4.20. The zero-order chi connectivity index (χ0) is 32.6. The predicted molar refractivity (Wildman–Crippen MR) is 179 cm³/mol. The number of rotatable bonds is 13. The maximum atomic E-state index is 14.4. The first-order valence-electron chi connectivity index (χ1n) is 14.7. The molecular formula is C35H37BrFN3O4S. The van der Waals surface area contributed by atoms with Gasteiger partial charge in [0, 0.05) is 23.5 Å². The van der Waals surface area contributed by atoms with Crippen LogP contribution in [0.15, 0.2) is 112 Å². The van der Waals surface area contributed by atoms with E-state index in [9.17, 15) is 22.4 Å². The van der Waals surface area contributed by atoms with E-state index in [1.807, 2.05) is 51.1 Å². The molecule has 0 heterocycles. The van der Waals surface area contributed by atoms with Crippen molar-refractivity contribution in [1.82, 2.24) is 10.2 Å². The van der Waals surface area contributed by atoms with Gasteiger partial charge >= 0.3 is 0 Å². The number of carbonyl (C=O) groups is 2. The molecule has 0 aromatic heterocycles. The molecule has 7 nitrogen and oxygen atoms in total. The van der Waals surface area contributed by atoms with E-state index in [2.05, 4.69) is 21.2 Å². The Kier molecular flexibility index (Phi) is 11.5. The molecule has 0 saturated heterocycles. The highest BCUT2D eigenvalue weighted by atomic mass is 79.9. The van der Waals surface area contributed by atoms with Gasteiger partial charge in [-0.25, -0.2) is 12.8 Å². The largest absolute Gasteiger partial charge is 0.352 e. The topological polar surface area (TPSA) is 86.8 Å². The van der Waals surface area contributed by atoms with Gasteiger partial charge in [0.2, 0.25) is 11.8 Å². The highest BCUT2D eigenvalue weighted by molar-refractivity contribution is 9.10. The van der Waals surface area contributed by atoms with E-state index in [-0.39, 0.29) is 35.5 Å². The van der Waals surface area contributed by atoms with E-state index < -0.39 is 34.3 Å². The summed E-state index contributed by atoms with van der Waals surface area (Å²) in [5.41, 5.74) is 2.60. The van der Waals surface area contributed by atoms with Crippen LogP contribution in [0.4, 0.5) is 10.1 Å². The lowest BCUT2D eigenvalue weighted by Crippen LogP contribution is -2.54. The molecule has 45 heavy (non-hydrogen) atoms. The van der Waals surface area contributed by atoms with Crippen LogP contribution < -0.4 is 9.62 Å². The molecule has 0 fully saturated rings. The summed E-state index contributed by atoms with van der Waals surface area (Å²) < 4.78 is 43.8. The minimum Gasteiger partial charge on any atom is -0.352 e. The summed E-state index contributed by atoms with van der Waals surface area (Å²) in [4.78, 5) is 29.7. The van der Waals surface area contributed by atoms with Crippen molar-refractivity contribution in [1.29, 1.82) is 0 Å². The third-order valence-electron chi connectivity index (χ3n) is 7.54. The molecule has 0 unspecified atom stereocenters. The molecule has 236 valence electrons. The van der Waals surface area contributed by atoms with Crippen molar-refractivity contribution in [2.45, 2.75) is 57.1 Å². The Bertz CT molecular complexity index is 1680. The average Bonchev–Trinajstić information content (AvgIpc) is 3.03. The molecule has 2 amide bonds. The maximum Gasteiger partial charge on any atom is 0.264 e. The van der Waals surface area contributed by atoms with Crippen molar-refractivity contribution in [3.63, 3.8) is 0 Å². The van der Waals surface area contributed by atoms with Crippen LogP contribution in [0.5, 0.6) is 0 Å². The number of hydrogen-bond donors (Lipinski definition) is 1. The zero-order valence-electron chi connectivity index (χ0n) is 25.5. The summed E-state index contributed by atoms with van der Waals surface area (Å²) in [5.74, 6) is -1.38. The second-order valence-electron chi connectivity index (χ2n) is 11.0. The van der Waals surface area contributed by atoms with Gasteiger partial charge in [-0.3, -0.25) is 13.9 Å². The number of halogens is 2. The number of sulfonamides is 1. The fraction of sp³-hybridized carbons (Fsp3) is 0.257. The van der Waals surface area contributed by atoms with E-state index in [1.165, 1.54) is 29.2 Å². The highest BCUT2D eigenvalue weighted by Crippen LogP contribution is 2.27. The normalized spacial score (nSPS) is 12.6. The SMILES string of the molecule is CC[C@H](C)NC(=O)[C@H](Cc1ccccc1)N(Cc1ccc(F)cc1)C(=O)CN(c1ccc(Br)cc1)S(=O)(=O)c1ccc(C)cc1. The smallest absolute Gasteiger partial charge is 0.264 e. The quantitative estimate of drug-likeness (QED) is 0.170. The fourth-order valence-corrected chi connectivity index (χ4v) is 6.43. The summed E-state index contributed by atoms with van der Waals surface area (Å²) >= 11 is 3.39. The predicted octanol–water partition coefficient (Wildman–Crippen LogP) is 6.65. The van der Waals surface area contributed by atoms with E-state index in [1.54, 1.807) is 48.5 Å². The van der Waals surface area contributed by atoms with Crippen molar-refractivity contribution >= 4 is 43.5 Å². The van der Waals surface area contributed by atoms with Gasteiger partial charge < -0.3 is 10.2 Å². The van der Waals surface area contributed by atoms with Gasteiger partial charge in [-0.05, 0) is 79.9 Å². The summed E-state index contributed by atoms with van der Waals surface area (Å²) in [6.07, 6.45) is 0.876. The standard InChI is InChI=1S/C35H37BrFN3O4S/c1-4-26(3)38-35(42)33(22-27-8-6-5-7-9-27)39(23-28-12-16-30(37)17-13-28)34(41)24-40(31-18-14-29(36)15-19-31)45(43,44)32-20-10-25(2)11-21-32/h5-21,26,33H,4,22-24H2,1-3H3,(H,38,42)/t26-,33-/m0/s1. The van der Waals surface area contributed by atoms with Crippen LogP contribution in [0.25, 0.3) is 0 Å². The minimum atomic E-state index is -4.20. The van der Waals surface area contributed by atoms with Crippen LogP contribution in [-0.2, 0) is 32.6 Å². The van der Waals surface area contributed by atoms with Crippen molar-refractivity contribution in [3.05, 3.63) is 130 Å². The van der Waals surface area contributed by atoms with Crippen LogP contribution in [0.1, 0.15) is 37.0 Å². The molecule has 0 aliphatic rings. The number of amides is 2. The van der Waals surface area contributed by atoms with E-state index in [0.717, 1.165) is 19.9 Å². The minimum absolute atomic E-state index is 0.0317. The molecular weight excluding hydrogens is 657 g/mol. The number of nitrogens with zero attached hydrogens (tertiary/aromatic N) is 2. The first kappa shape index (κ1) is 33.9. The number of nitrogens with one attached hydrogen (secondary N) is 1. The number of benzene rings is 4. The van der Waals surface area contributed by atoms with Crippen molar-refractivity contribution in [2.24, 2.45) is 0 Å². The van der Waals surface area contributed by atoms with Crippen LogP contribution in [0.3, 0.4) is 0 Å². The number of anilines is 1. The Labute approximate surface area is 273 Å². The van der Waals surface area contributed by atoms with Crippen molar-refractivity contribution in [2.75, 3.05) is 10.8 Å². The summed E-state index contributed by atoms with van der Waals surface area (Å²) in [6, 6.07) is 26.9. The van der Waals surface area contributed by atoms with Crippen LogP contribution in [0.2, 0.25) is 0 Å². The zero-order valence-corrected chi connectivity index (χ0v) is 27.9. The van der Waals surface area contributed by atoms with Crippen LogP contribution in [0, 0.1) is 12.7 Å². The fourth-order valence-electron chi connectivity index (χ4n) is 4.76.